The molecule has 0 spiro atoms. The molecule has 0 atom stereocenters. The van der Waals surface area contributed by atoms with Crippen LogP contribution in [-0.2, 0) is 0 Å². The molecule has 14 heavy (non-hydrogen) atoms. The van der Waals surface area contributed by atoms with Crippen LogP contribution in [0.2, 0.25) is 0 Å². The van der Waals surface area contributed by atoms with Crippen molar-refractivity contribution >= 4 is 22.5 Å². The van der Waals surface area contributed by atoms with Crippen LogP contribution in [0.15, 0.2) is 35.2 Å². The Kier molecular flexibility index (Phi) is 2.51. The molecule has 2 aromatic rings. The molecule has 0 heterocycles. The molecule has 0 saturated carbocycles. The lowest BCUT2D eigenvalue weighted by Crippen LogP contribution is -1.82. The average molecular weight is 202 g/mol. The van der Waals surface area contributed by atoms with E-state index in [9.17, 15) is 0 Å². The van der Waals surface area contributed by atoms with Crippen molar-refractivity contribution in [3.05, 3.63) is 41.5 Å². The summed E-state index contributed by atoms with van der Waals surface area (Å²) >= 11 is 1.80. The molecule has 2 rings (SSSR count). The molecule has 0 fully saturated rings. The number of hydrogen-bond acceptors (Lipinski definition) is 1. The minimum Gasteiger partial charge on any atom is -0.130 e. The Morgan fingerprint density at radius 2 is 1.79 bits per heavy atom. The summed E-state index contributed by atoms with van der Waals surface area (Å²) in [5.41, 5.74) is 2.71. The van der Waals surface area contributed by atoms with Crippen molar-refractivity contribution in [2.75, 3.05) is 6.26 Å². The highest BCUT2D eigenvalue weighted by molar-refractivity contribution is 7.98. The van der Waals surface area contributed by atoms with Gasteiger partial charge in [0.2, 0.25) is 0 Å². The van der Waals surface area contributed by atoms with Gasteiger partial charge in [-0.25, -0.2) is 0 Å². The van der Waals surface area contributed by atoms with Crippen LogP contribution in [0, 0.1) is 13.8 Å². The van der Waals surface area contributed by atoms with Crippen LogP contribution in [0.3, 0.4) is 0 Å². The normalized spacial score (nSPS) is 10.8. The molecule has 0 nitrogen and oxygen atoms in total. The first kappa shape index (κ1) is 9.60. The Balaban J connectivity index is 2.75. The van der Waals surface area contributed by atoms with E-state index >= 15 is 0 Å². The van der Waals surface area contributed by atoms with Gasteiger partial charge in [0.15, 0.2) is 0 Å². The Bertz CT molecular complexity index is 472. The van der Waals surface area contributed by atoms with E-state index in [1.165, 1.54) is 26.8 Å². The van der Waals surface area contributed by atoms with Gasteiger partial charge in [-0.2, -0.15) is 0 Å². The van der Waals surface area contributed by atoms with Crippen molar-refractivity contribution in [2.45, 2.75) is 18.7 Å². The summed E-state index contributed by atoms with van der Waals surface area (Å²) in [6.45, 7) is 4.33. The van der Waals surface area contributed by atoms with Crippen LogP contribution in [0.25, 0.3) is 10.8 Å². The summed E-state index contributed by atoms with van der Waals surface area (Å²) in [5.74, 6) is 0. The van der Waals surface area contributed by atoms with Gasteiger partial charge in [0.1, 0.15) is 0 Å². The standard InChI is InChI=1S/C13H14S/c1-9-6-10(2)13-8-12(14-3)5-4-11(13)7-9/h4-8H,1-3H3. The summed E-state index contributed by atoms with van der Waals surface area (Å²) in [6.07, 6.45) is 2.12. The van der Waals surface area contributed by atoms with E-state index in [0.29, 0.717) is 0 Å². The Hall–Kier alpha value is -0.950. The van der Waals surface area contributed by atoms with Gasteiger partial charge in [0.05, 0.1) is 0 Å². The van der Waals surface area contributed by atoms with Crippen LogP contribution in [0.5, 0.6) is 0 Å². The topological polar surface area (TPSA) is 0 Å². The second kappa shape index (κ2) is 3.66. The number of benzene rings is 2. The number of thioether (sulfide) groups is 1. The van der Waals surface area contributed by atoms with E-state index in [4.69, 9.17) is 0 Å². The molecule has 72 valence electrons. The highest BCUT2D eigenvalue weighted by Crippen LogP contribution is 2.25. The molecule has 2 aromatic carbocycles. The molecule has 0 N–H and O–H groups in total. The van der Waals surface area contributed by atoms with Gasteiger partial charge in [-0.15, -0.1) is 11.8 Å². The lowest BCUT2D eigenvalue weighted by Gasteiger charge is -2.05. The van der Waals surface area contributed by atoms with E-state index in [2.05, 4.69) is 50.4 Å². The van der Waals surface area contributed by atoms with Crippen LogP contribution < -0.4 is 0 Å². The van der Waals surface area contributed by atoms with Crippen LogP contribution in [0.1, 0.15) is 11.1 Å². The van der Waals surface area contributed by atoms with Gasteiger partial charge in [-0.1, -0.05) is 23.8 Å². The zero-order valence-corrected chi connectivity index (χ0v) is 9.61. The highest BCUT2D eigenvalue weighted by atomic mass is 32.2. The van der Waals surface area contributed by atoms with Gasteiger partial charge < -0.3 is 0 Å². The Morgan fingerprint density at radius 1 is 1.00 bits per heavy atom. The van der Waals surface area contributed by atoms with Crippen molar-refractivity contribution in [3.63, 3.8) is 0 Å². The fraction of sp³-hybridized carbons (Fsp3) is 0.231. The highest BCUT2D eigenvalue weighted by Gasteiger charge is 1.99. The molecule has 0 aromatic heterocycles. The fourth-order valence-corrected chi connectivity index (χ4v) is 2.28. The maximum Gasteiger partial charge on any atom is 0.00756 e. The smallest absolute Gasteiger partial charge is 0.00756 e. The zero-order chi connectivity index (χ0) is 10.1. The quantitative estimate of drug-likeness (QED) is 0.625. The fourth-order valence-electron chi connectivity index (χ4n) is 1.84. The van der Waals surface area contributed by atoms with Crippen molar-refractivity contribution in [3.8, 4) is 0 Å². The maximum absolute atomic E-state index is 2.27. The molecule has 0 amide bonds. The van der Waals surface area contributed by atoms with Crippen LogP contribution in [0.4, 0.5) is 0 Å². The summed E-state index contributed by atoms with van der Waals surface area (Å²) in [5, 5.41) is 2.72. The lowest BCUT2D eigenvalue weighted by molar-refractivity contribution is 1.41. The van der Waals surface area contributed by atoms with Gasteiger partial charge in [0, 0.05) is 4.90 Å². The largest absolute Gasteiger partial charge is 0.130 e. The number of aryl methyl sites for hydroxylation is 2. The molecule has 0 radical (unpaired) electrons. The monoisotopic (exact) mass is 202 g/mol. The van der Waals surface area contributed by atoms with Crippen molar-refractivity contribution in [2.24, 2.45) is 0 Å². The predicted octanol–water partition coefficient (Wildman–Crippen LogP) is 4.18. The summed E-state index contributed by atoms with van der Waals surface area (Å²) in [7, 11) is 0. The third kappa shape index (κ3) is 1.64. The summed E-state index contributed by atoms with van der Waals surface area (Å²) in [4.78, 5) is 1.34. The van der Waals surface area contributed by atoms with Gasteiger partial charge in [0.25, 0.3) is 0 Å². The summed E-state index contributed by atoms with van der Waals surface area (Å²) < 4.78 is 0. The van der Waals surface area contributed by atoms with E-state index in [0.717, 1.165) is 0 Å². The van der Waals surface area contributed by atoms with Gasteiger partial charge in [-0.3, -0.25) is 0 Å². The van der Waals surface area contributed by atoms with E-state index in [1.807, 2.05) is 0 Å². The number of rotatable bonds is 1. The van der Waals surface area contributed by atoms with Gasteiger partial charge >= 0.3 is 0 Å². The molecular formula is C13H14S. The minimum atomic E-state index is 1.34. The number of hydrogen-bond donors (Lipinski definition) is 0. The van der Waals surface area contributed by atoms with Gasteiger partial charge in [-0.05, 0) is 48.6 Å². The molecule has 0 aliphatic rings. The third-order valence-electron chi connectivity index (χ3n) is 2.51. The summed E-state index contributed by atoms with van der Waals surface area (Å²) in [6, 6.07) is 11.2. The first-order chi connectivity index (χ1) is 6.70. The predicted molar refractivity (Wildman–Crippen MR) is 65.2 cm³/mol. The molecule has 0 saturated heterocycles. The van der Waals surface area contributed by atoms with E-state index in [-0.39, 0.29) is 0 Å². The van der Waals surface area contributed by atoms with E-state index in [1.54, 1.807) is 11.8 Å². The molecule has 0 bridgehead atoms. The van der Waals surface area contributed by atoms with Crippen molar-refractivity contribution in [1.82, 2.24) is 0 Å². The Labute approximate surface area is 89.3 Å². The van der Waals surface area contributed by atoms with Crippen molar-refractivity contribution in [1.29, 1.82) is 0 Å². The second-order valence-corrected chi connectivity index (χ2v) is 4.55. The molecule has 1 heteroatoms. The van der Waals surface area contributed by atoms with E-state index < -0.39 is 0 Å². The lowest BCUT2D eigenvalue weighted by atomic mass is 10.0. The third-order valence-corrected chi connectivity index (χ3v) is 3.24. The van der Waals surface area contributed by atoms with Crippen LogP contribution >= 0.6 is 11.8 Å². The first-order valence-electron chi connectivity index (χ1n) is 4.76. The zero-order valence-electron chi connectivity index (χ0n) is 8.79. The van der Waals surface area contributed by atoms with Crippen LogP contribution in [-0.4, -0.2) is 6.26 Å². The minimum absolute atomic E-state index is 1.34. The SMILES string of the molecule is CSc1ccc2cc(C)cc(C)c2c1. The van der Waals surface area contributed by atoms with Crippen molar-refractivity contribution < 1.29 is 0 Å². The first-order valence-corrected chi connectivity index (χ1v) is 5.98. The maximum atomic E-state index is 2.27. The molecule has 0 unspecified atom stereocenters. The average Bonchev–Trinajstić information content (AvgIpc) is 2.17. The molecule has 0 aliphatic heterocycles. The molecule has 0 aliphatic carbocycles. The Morgan fingerprint density at radius 3 is 2.50 bits per heavy atom. The number of fused-ring (bicyclic) bond motifs is 1. The molecular weight excluding hydrogens is 188 g/mol. The second-order valence-electron chi connectivity index (χ2n) is 3.67.